The van der Waals surface area contributed by atoms with Gasteiger partial charge in [0.05, 0.1) is 0 Å². The average molecular weight is 538 g/mol. The number of aromatic nitrogens is 3. The molecule has 0 saturated heterocycles. The lowest BCUT2D eigenvalue weighted by atomic mass is 9.91. The van der Waals surface area contributed by atoms with Crippen molar-refractivity contribution in [2.24, 2.45) is 0 Å². The summed E-state index contributed by atoms with van der Waals surface area (Å²) in [4.78, 5) is 14.8. The van der Waals surface area contributed by atoms with Crippen LogP contribution in [-0.4, -0.2) is 15.0 Å². The summed E-state index contributed by atoms with van der Waals surface area (Å²) in [5.41, 5.74) is 9.82. The summed E-state index contributed by atoms with van der Waals surface area (Å²) < 4.78 is 0. The Hall–Kier alpha value is -5.67. The van der Waals surface area contributed by atoms with E-state index in [0.29, 0.717) is 17.5 Å². The molecule has 3 heteroatoms. The second kappa shape index (κ2) is 11.4. The first-order chi connectivity index (χ1) is 20.8. The fraction of sp³-hybridized carbons (Fsp3) is 0. The van der Waals surface area contributed by atoms with Crippen LogP contribution in [0.3, 0.4) is 0 Å². The van der Waals surface area contributed by atoms with Crippen LogP contribution in [0.1, 0.15) is 0 Å². The minimum atomic E-state index is 0.643. The second-order valence-corrected chi connectivity index (χ2v) is 10.1. The van der Waals surface area contributed by atoms with Gasteiger partial charge in [-0.3, -0.25) is 0 Å². The van der Waals surface area contributed by atoms with Gasteiger partial charge in [0.1, 0.15) is 0 Å². The molecular formula is C39H27N3. The van der Waals surface area contributed by atoms with Crippen molar-refractivity contribution in [2.75, 3.05) is 0 Å². The molecule has 1 aromatic heterocycles. The molecule has 3 nitrogen and oxygen atoms in total. The lowest BCUT2D eigenvalue weighted by Crippen LogP contribution is -2.00. The molecule has 0 aliphatic carbocycles. The molecule has 7 aromatic rings. The van der Waals surface area contributed by atoms with Crippen molar-refractivity contribution in [1.82, 2.24) is 15.0 Å². The van der Waals surface area contributed by atoms with Crippen molar-refractivity contribution in [3.63, 3.8) is 0 Å². The lowest BCUT2D eigenvalue weighted by molar-refractivity contribution is 1.07. The van der Waals surface area contributed by atoms with Crippen molar-refractivity contribution in [3.8, 4) is 67.5 Å². The van der Waals surface area contributed by atoms with Crippen LogP contribution in [0.5, 0.6) is 0 Å². The molecular weight excluding hydrogens is 510 g/mol. The Bertz CT molecular complexity index is 1900. The summed E-state index contributed by atoms with van der Waals surface area (Å²) >= 11 is 0. The summed E-state index contributed by atoms with van der Waals surface area (Å²) in [6.45, 7) is 0. The van der Waals surface area contributed by atoms with Crippen LogP contribution in [-0.2, 0) is 0 Å². The number of hydrogen-bond donors (Lipinski definition) is 0. The van der Waals surface area contributed by atoms with Gasteiger partial charge >= 0.3 is 0 Å². The molecule has 0 aliphatic heterocycles. The normalized spacial score (nSPS) is 10.9. The maximum atomic E-state index is 4.97. The maximum Gasteiger partial charge on any atom is 0.164 e. The monoisotopic (exact) mass is 537 g/mol. The Balaban J connectivity index is 1.40. The van der Waals surface area contributed by atoms with E-state index in [0.717, 1.165) is 38.9 Å². The molecule has 6 aromatic carbocycles. The molecule has 7 rings (SSSR count). The Kier molecular flexibility index (Phi) is 6.89. The minimum absolute atomic E-state index is 0.643. The predicted molar refractivity (Wildman–Crippen MR) is 172 cm³/mol. The van der Waals surface area contributed by atoms with E-state index < -0.39 is 0 Å². The van der Waals surface area contributed by atoms with E-state index in [-0.39, 0.29) is 0 Å². The van der Waals surface area contributed by atoms with Crippen LogP contribution >= 0.6 is 0 Å². The van der Waals surface area contributed by atoms with E-state index in [1.54, 1.807) is 0 Å². The molecule has 0 atom stereocenters. The SMILES string of the molecule is c1ccc(-c2cccc(-c3ccc(-c4nc(-c5ccccc5)nc(-c5ccccc5)n4)cc3-c3ccccc3)c2)cc1. The number of hydrogen-bond acceptors (Lipinski definition) is 3. The molecule has 0 bridgehead atoms. The van der Waals surface area contributed by atoms with E-state index in [1.807, 2.05) is 72.8 Å². The smallest absolute Gasteiger partial charge is 0.164 e. The largest absolute Gasteiger partial charge is 0.208 e. The van der Waals surface area contributed by atoms with Gasteiger partial charge < -0.3 is 0 Å². The molecule has 0 radical (unpaired) electrons. The zero-order valence-electron chi connectivity index (χ0n) is 22.9. The Labute approximate surface area is 245 Å². The number of nitrogens with zero attached hydrogens (tertiary/aromatic N) is 3. The topological polar surface area (TPSA) is 38.7 Å². The molecule has 0 fully saturated rings. The van der Waals surface area contributed by atoms with Crippen molar-refractivity contribution in [2.45, 2.75) is 0 Å². The van der Waals surface area contributed by atoms with Gasteiger partial charge in [-0.25, -0.2) is 15.0 Å². The first-order valence-corrected chi connectivity index (χ1v) is 14.0. The van der Waals surface area contributed by atoms with Gasteiger partial charge in [0.25, 0.3) is 0 Å². The van der Waals surface area contributed by atoms with Crippen molar-refractivity contribution < 1.29 is 0 Å². The van der Waals surface area contributed by atoms with Crippen LogP contribution in [0.15, 0.2) is 164 Å². The molecule has 1 heterocycles. The Morgan fingerprint density at radius 2 is 0.667 bits per heavy atom. The zero-order chi connectivity index (χ0) is 28.1. The average Bonchev–Trinajstić information content (AvgIpc) is 3.09. The maximum absolute atomic E-state index is 4.97. The first kappa shape index (κ1) is 25.3. The van der Waals surface area contributed by atoms with E-state index in [1.165, 1.54) is 11.1 Å². The third-order valence-corrected chi connectivity index (χ3v) is 7.34. The molecule has 0 saturated carbocycles. The highest BCUT2D eigenvalue weighted by Gasteiger charge is 2.15. The van der Waals surface area contributed by atoms with Gasteiger partial charge in [0, 0.05) is 16.7 Å². The third kappa shape index (κ3) is 5.24. The molecule has 0 N–H and O–H groups in total. The van der Waals surface area contributed by atoms with E-state index in [4.69, 9.17) is 15.0 Å². The fourth-order valence-electron chi connectivity index (χ4n) is 5.23. The van der Waals surface area contributed by atoms with Crippen LogP contribution < -0.4 is 0 Å². The lowest BCUT2D eigenvalue weighted by Gasteiger charge is -2.14. The van der Waals surface area contributed by atoms with E-state index in [2.05, 4.69) is 91.0 Å². The van der Waals surface area contributed by atoms with Crippen molar-refractivity contribution >= 4 is 0 Å². The molecule has 0 spiro atoms. The quantitative estimate of drug-likeness (QED) is 0.212. The number of rotatable bonds is 6. The van der Waals surface area contributed by atoms with Crippen LogP contribution in [0.2, 0.25) is 0 Å². The third-order valence-electron chi connectivity index (χ3n) is 7.34. The van der Waals surface area contributed by atoms with Gasteiger partial charge in [-0.15, -0.1) is 0 Å². The summed E-state index contributed by atoms with van der Waals surface area (Å²) in [6.07, 6.45) is 0. The highest BCUT2D eigenvalue weighted by molar-refractivity contribution is 5.88. The highest BCUT2D eigenvalue weighted by Crippen LogP contribution is 2.37. The van der Waals surface area contributed by atoms with Crippen molar-refractivity contribution in [1.29, 1.82) is 0 Å². The highest BCUT2D eigenvalue weighted by atomic mass is 15.0. The van der Waals surface area contributed by atoms with Gasteiger partial charge in [-0.2, -0.15) is 0 Å². The Morgan fingerprint density at radius 1 is 0.238 bits per heavy atom. The molecule has 0 amide bonds. The summed E-state index contributed by atoms with van der Waals surface area (Å²) in [5, 5.41) is 0. The predicted octanol–water partition coefficient (Wildman–Crippen LogP) is 9.87. The molecule has 198 valence electrons. The van der Waals surface area contributed by atoms with Crippen molar-refractivity contribution in [3.05, 3.63) is 164 Å². The van der Waals surface area contributed by atoms with Crippen LogP contribution in [0.25, 0.3) is 67.5 Å². The second-order valence-electron chi connectivity index (χ2n) is 10.1. The fourth-order valence-corrected chi connectivity index (χ4v) is 5.23. The summed E-state index contributed by atoms with van der Waals surface area (Å²) in [5.74, 6) is 1.95. The Morgan fingerprint density at radius 3 is 1.21 bits per heavy atom. The zero-order valence-corrected chi connectivity index (χ0v) is 22.9. The van der Waals surface area contributed by atoms with Gasteiger partial charge in [0.15, 0.2) is 17.5 Å². The first-order valence-electron chi connectivity index (χ1n) is 14.0. The molecule has 0 unspecified atom stereocenters. The molecule has 0 aliphatic rings. The standard InChI is InChI=1S/C39H27N3/c1-5-14-28(15-6-1)32-22-13-23-33(26-32)35-25-24-34(27-36(35)29-16-7-2-8-17-29)39-41-37(30-18-9-3-10-19-30)40-38(42-39)31-20-11-4-12-21-31/h1-27H. The van der Waals surface area contributed by atoms with Crippen LogP contribution in [0.4, 0.5) is 0 Å². The van der Waals surface area contributed by atoms with Crippen LogP contribution in [0, 0.1) is 0 Å². The van der Waals surface area contributed by atoms with E-state index >= 15 is 0 Å². The minimum Gasteiger partial charge on any atom is -0.208 e. The number of benzene rings is 6. The summed E-state index contributed by atoms with van der Waals surface area (Å²) in [6, 6.07) is 56.4. The van der Waals surface area contributed by atoms with Gasteiger partial charge in [-0.05, 0) is 45.5 Å². The van der Waals surface area contributed by atoms with E-state index in [9.17, 15) is 0 Å². The van der Waals surface area contributed by atoms with Gasteiger partial charge in [0.2, 0.25) is 0 Å². The summed E-state index contributed by atoms with van der Waals surface area (Å²) in [7, 11) is 0. The molecule has 42 heavy (non-hydrogen) atoms. The van der Waals surface area contributed by atoms with Gasteiger partial charge in [-0.1, -0.05) is 152 Å².